The van der Waals surface area contributed by atoms with Crippen LogP contribution in [0.2, 0.25) is 0 Å². The van der Waals surface area contributed by atoms with E-state index in [0.29, 0.717) is 17.2 Å². The molecule has 0 amide bonds. The molecule has 7 heteroatoms. The number of benzene rings is 1. The second kappa shape index (κ2) is 4.66. The standard InChI is InChI=1S/C15H10F3N3O/c1-8-5-10(15(16,17)18)6-12(22)13(8)11-4-3-9-7-21(2)20-14(9)19-11/h3-7H,2H2,1H3/p+1. The van der Waals surface area contributed by atoms with Crippen LogP contribution in [0.4, 0.5) is 13.2 Å². The van der Waals surface area contributed by atoms with E-state index in [9.17, 15) is 18.3 Å². The van der Waals surface area contributed by atoms with Gasteiger partial charge in [0, 0.05) is 10.7 Å². The third kappa shape index (κ3) is 2.34. The number of aromatic hydroxyl groups is 1. The Morgan fingerprint density at radius 1 is 1.23 bits per heavy atom. The number of aromatic nitrogens is 1. The molecule has 1 aromatic carbocycles. The fraction of sp³-hybridized carbons (Fsp3) is 0.133. The number of alkyl halides is 3. The number of halogens is 3. The topological polar surface area (TPSA) is 48.5 Å². The highest BCUT2D eigenvalue weighted by atomic mass is 19.4. The maximum atomic E-state index is 12.7. The molecule has 4 nitrogen and oxygen atoms in total. The minimum absolute atomic E-state index is 0.258. The highest BCUT2D eigenvalue weighted by Gasteiger charge is 2.32. The first-order chi connectivity index (χ1) is 10.3. The van der Waals surface area contributed by atoms with Gasteiger partial charge in [-0.15, -0.1) is 0 Å². The molecule has 22 heavy (non-hydrogen) atoms. The van der Waals surface area contributed by atoms with Crippen LogP contribution in [0, 0.1) is 6.92 Å². The molecule has 0 unspecified atom stereocenters. The summed E-state index contributed by atoms with van der Waals surface area (Å²) in [6.07, 6.45) is -2.84. The van der Waals surface area contributed by atoms with E-state index in [0.717, 1.165) is 11.3 Å². The van der Waals surface area contributed by atoms with Gasteiger partial charge in [0.2, 0.25) is 11.7 Å². The van der Waals surface area contributed by atoms with Crippen molar-refractivity contribution in [2.75, 3.05) is 0 Å². The number of nitrogens with zero attached hydrogens (tertiary/aromatic N) is 3. The molecule has 1 N–H and O–H groups in total. The molecule has 0 aliphatic carbocycles. The molecule has 0 spiro atoms. The van der Waals surface area contributed by atoms with E-state index in [-0.39, 0.29) is 11.1 Å². The Hall–Kier alpha value is -2.70. The lowest BCUT2D eigenvalue weighted by Crippen LogP contribution is -2.25. The van der Waals surface area contributed by atoms with Crippen molar-refractivity contribution in [1.29, 1.82) is 0 Å². The summed E-state index contributed by atoms with van der Waals surface area (Å²) >= 11 is 0. The van der Waals surface area contributed by atoms with Crippen LogP contribution in [0.3, 0.4) is 0 Å². The van der Waals surface area contributed by atoms with Gasteiger partial charge in [0.25, 0.3) is 0 Å². The molecule has 0 saturated heterocycles. The molecular weight excluding hydrogens is 295 g/mol. The first-order valence-corrected chi connectivity index (χ1v) is 6.34. The number of rotatable bonds is 1. The summed E-state index contributed by atoms with van der Waals surface area (Å²) < 4.78 is 39.6. The molecule has 1 aliphatic heterocycles. The molecule has 1 aromatic heterocycles. The number of hydrogen-bond donors (Lipinski definition) is 1. The summed E-state index contributed by atoms with van der Waals surface area (Å²) in [7, 11) is 0. The van der Waals surface area contributed by atoms with Gasteiger partial charge < -0.3 is 5.11 Å². The zero-order chi connectivity index (χ0) is 16.1. The minimum Gasteiger partial charge on any atom is -0.507 e. The molecule has 0 fully saturated rings. The quantitative estimate of drug-likeness (QED) is 0.817. The third-order valence-electron chi connectivity index (χ3n) is 3.31. The van der Waals surface area contributed by atoms with Crippen LogP contribution in [-0.2, 0) is 6.18 Å². The molecular formula is C15H11F3N3O+. The van der Waals surface area contributed by atoms with Gasteiger partial charge in [0.15, 0.2) is 6.72 Å². The second-order valence-corrected chi connectivity index (χ2v) is 4.96. The molecule has 0 saturated carbocycles. The normalized spacial score (nSPS) is 13.5. The van der Waals surface area contributed by atoms with Crippen molar-refractivity contribution >= 4 is 12.9 Å². The highest BCUT2D eigenvalue weighted by molar-refractivity contribution is 5.71. The molecule has 2 heterocycles. The molecule has 112 valence electrons. The van der Waals surface area contributed by atoms with E-state index in [1.54, 1.807) is 18.3 Å². The SMILES string of the molecule is C=[N+]1C=c2ccc(-c3c(C)cc(C(F)(F)F)cc3O)nc2=N1. The highest BCUT2D eigenvalue weighted by Crippen LogP contribution is 2.37. The van der Waals surface area contributed by atoms with Crippen molar-refractivity contribution in [2.24, 2.45) is 5.10 Å². The number of pyridine rings is 1. The Morgan fingerprint density at radius 3 is 2.59 bits per heavy atom. The van der Waals surface area contributed by atoms with Gasteiger partial charge in [-0.1, -0.05) is 4.68 Å². The first-order valence-electron chi connectivity index (χ1n) is 6.34. The van der Waals surface area contributed by atoms with Crippen LogP contribution in [0.1, 0.15) is 11.1 Å². The van der Waals surface area contributed by atoms with Gasteiger partial charge in [0.1, 0.15) is 5.75 Å². The van der Waals surface area contributed by atoms with Gasteiger partial charge in [-0.25, -0.2) is 4.98 Å². The van der Waals surface area contributed by atoms with E-state index in [1.165, 1.54) is 11.6 Å². The van der Waals surface area contributed by atoms with Crippen molar-refractivity contribution in [3.8, 4) is 17.0 Å². The zero-order valence-corrected chi connectivity index (χ0v) is 11.5. The van der Waals surface area contributed by atoms with Crippen LogP contribution in [-0.4, -0.2) is 21.5 Å². The Balaban J connectivity index is 2.19. The van der Waals surface area contributed by atoms with Gasteiger partial charge >= 0.3 is 6.18 Å². The average molecular weight is 306 g/mol. The van der Waals surface area contributed by atoms with E-state index in [2.05, 4.69) is 16.8 Å². The summed E-state index contributed by atoms with van der Waals surface area (Å²) in [5.74, 6) is -0.465. The van der Waals surface area contributed by atoms with E-state index in [4.69, 9.17) is 0 Å². The fourth-order valence-corrected chi connectivity index (χ4v) is 2.36. The lowest BCUT2D eigenvalue weighted by molar-refractivity contribution is -0.417. The number of fused-ring (bicyclic) bond motifs is 1. The Morgan fingerprint density at radius 2 is 1.95 bits per heavy atom. The zero-order valence-electron chi connectivity index (χ0n) is 11.5. The second-order valence-electron chi connectivity index (χ2n) is 4.96. The molecule has 2 aromatic rings. The fourth-order valence-electron chi connectivity index (χ4n) is 2.36. The molecule has 0 bridgehead atoms. The largest absolute Gasteiger partial charge is 0.507 e. The minimum atomic E-state index is -4.51. The van der Waals surface area contributed by atoms with Crippen molar-refractivity contribution < 1.29 is 23.0 Å². The summed E-state index contributed by atoms with van der Waals surface area (Å²) in [4.78, 5) is 4.27. The van der Waals surface area contributed by atoms with Crippen molar-refractivity contribution in [1.82, 2.24) is 4.98 Å². The van der Waals surface area contributed by atoms with E-state index >= 15 is 0 Å². The van der Waals surface area contributed by atoms with Crippen LogP contribution in [0.25, 0.3) is 17.5 Å². The predicted molar refractivity (Wildman–Crippen MR) is 73.7 cm³/mol. The molecule has 1 aliphatic rings. The average Bonchev–Trinajstić information content (AvgIpc) is 2.76. The lowest BCUT2D eigenvalue weighted by atomic mass is 10.0. The lowest BCUT2D eigenvalue weighted by Gasteiger charge is -2.12. The number of aryl methyl sites for hydroxylation is 1. The van der Waals surface area contributed by atoms with Crippen LogP contribution < -0.4 is 10.7 Å². The molecule has 0 atom stereocenters. The van der Waals surface area contributed by atoms with Crippen molar-refractivity contribution in [3.63, 3.8) is 0 Å². The summed E-state index contributed by atoms with van der Waals surface area (Å²) in [5, 5.41) is 14.8. The third-order valence-corrected chi connectivity index (χ3v) is 3.31. The van der Waals surface area contributed by atoms with Gasteiger partial charge in [0.05, 0.1) is 16.5 Å². The summed E-state index contributed by atoms with van der Waals surface area (Å²) in [6.45, 7) is 5.12. The maximum absolute atomic E-state index is 12.7. The smallest absolute Gasteiger partial charge is 0.416 e. The van der Waals surface area contributed by atoms with Crippen molar-refractivity contribution in [2.45, 2.75) is 13.1 Å². The number of phenols is 1. The van der Waals surface area contributed by atoms with E-state index < -0.39 is 17.5 Å². The monoisotopic (exact) mass is 306 g/mol. The number of phenolic OH excluding ortho intramolecular Hbond substituents is 1. The predicted octanol–water partition coefficient (Wildman–Crippen LogP) is 1.78. The first kappa shape index (κ1) is 14.2. The van der Waals surface area contributed by atoms with Crippen LogP contribution in [0.5, 0.6) is 5.75 Å². The van der Waals surface area contributed by atoms with Gasteiger partial charge in [-0.05, 0) is 36.8 Å². The summed E-state index contributed by atoms with van der Waals surface area (Å²) in [5.41, 5.74) is 0.414. The van der Waals surface area contributed by atoms with Crippen LogP contribution >= 0.6 is 0 Å². The Bertz CT molecular complexity index is 894. The Labute approximate surface area is 123 Å². The summed E-state index contributed by atoms with van der Waals surface area (Å²) in [6, 6.07) is 5.04. The molecule has 3 rings (SSSR count). The van der Waals surface area contributed by atoms with Gasteiger partial charge in [-0.2, -0.15) is 13.2 Å². The maximum Gasteiger partial charge on any atom is 0.416 e. The van der Waals surface area contributed by atoms with E-state index in [1.807, 2.05) is 0 Å². The Kier molecular flexibility index (Phi) is 3.01. The van der Waals surface area contributed by atoms with Gasteiger partial charge in [-0.3, -0.25) is 0 Å². The van der Waals surface area contributed by atoms with Crippen LogP contribution in [0.15, 0.2) is 29.4 Å². The molecule has 0 radical (unpaired) electrons. The van der Waals surface area contributed by atoms with Crippen molar-refractivity contribution in [3.05, 3.63) is 46.1 Å². The number of hydrogen-bond acceptors (Lipinski definition) is 3.